The Bertz CT molecular complexity index is 385. The van der Waals surface area contributed by atoms with Crippen molar-refractivity contribution < 1.29 is 54.2 Å². The lowest BCUT2D eigenvalue weighted by Gasteiger charge is -2.39. The van der Waals surface area contributed by atoms with E-state index in [9.17, 15) is 24.7 Å². The molecule has 1 saturated heterocycles. The molecule has 7 atom stereocenters. The Morgan fingerprint density at radius 3 is 2.16 bits per heavy atom. The average Bonchev–Trinajstić information content (AvgIpc) is 2.30. The number of carboxylic acid groups (broad SMARTS) is 1. The summed E-state index contributed by atoms with van der Waals surface area (Å²) >= 11 is 0. The first-order valence-electron chi connectivity index (χ1n) is 4.88. The Morgan fingerprint density at radius 1 is 1.16 bits per heavy atom. The van der Waals surface area contributed by atoms with Gasteiger partial charge in [-0.05, 0) is 0 Å². The molecule has 1 fully saturated rings. The third kappa shape index (κ3) is 3.48. The van der Waals surface area contributed by atoms with E-state index >= 15 is 0 Å². The molecule has 0 aromatic carbocycles. The zero-order valence-electron chi connectivity index (χ0n) is 9.17. The van der Waals surface area contributed by atoms with E-state index in [4.69, 9.17) is 20.2 Å². The summed E-state index contributed by atoms with van der Waals surface area (Å²) in [5.74, 6) is 0. The lowest BCUT2D eigenvalue weighted by molar-refractivity contribution is -0.313. The third-order valence-corrected chi connectivity index (χ3v) is 3.38. The monoisotopic (exact) mass is 304 g/mol. The fourth-order valence-corrected chi connectivity index (χ4v) is 1.88. The van der Waals surface area contributed by atoms with Crippen molar-refractivity contribution in [3.63, 3.8) is 0 Å². The highest BCUT2D eigenvalue weighted by Crippen LogP contribution is 2.44. The standard InChI is InChI=1S/C7H13O11P/c8-1-2(9)4(17-5(11)3(1)10)6(12)18-19(15,16)7(13)14/h1-6,8-12H,(H,13,14)(H,15,16)/t1-,2+,3+,4-,5+,6?/m0/s1. The highest BCUT2D eigenvalue weighted by Gasteiger charge is 2.48. The van der Waals surface area contributed by atoms with Gasteiger partial charge in [0.05, 0.1) is 0 Å². The molecule has 11 nitrogen and oxygen atoms in total. The maximum atomic E-state index is 11.0. The van der Waals surface area contributed by atoms with Crippen LogP contribution in [-0.2, 0) is 13.8 Å². The van der Waals surface area contributed by atoms with Gasteiger partial charge in [-0.1, -0.05) is 0 Å². The second-order valence-corrected chi connectivity index (χ2v) is 5.40. The number of rotatable bonds is 4. The first-order chi connectivity index (χ1) is 8.58. The van der Waals surface area contributed by atoms with Crippen LogP contribution >= 0.6 is 7.60 Å². The molecule has 1 aliphatic rings. The summed E-state index contributed by atoms with van der Waals surface area (Å²) in [6, 6.07) is 0. The maximum Gasteiger partial charge on any atom is 0.438 e. The van der Waals surface area contributed by atoms with Crippen molar-refractivity contribution in [3.8, 4) is 0 Å². The topological polar surface area (TPSA) is 194 Å². The fourth-order valence-electron chi connectivity index (χ4n) is 1.37. The first-order valence-corrected chi connectivity index (χ1v) is 6.46. The Morgan fingerprint density at radius 2 is 1.68 bits per heavy atom. The van der Waals surface area contributed by atoms with Crippen LogP contribution in [0.15, 0.2) is 0 Å². The predicted octanol–water partition coefficient (Wildman–Crippen LogP) is -3.02. The van der Waals surface area contributed by atoms with Crippen LogP contribution in [0.4, 0.5) is 4.79 Å². The van der Waals surface area contributed by atoms with Crippen LogP contribution in [0.3, 0.4) is 0 Å². The minimum Gasteiger partial charge on any atom is -0.472 e. The molecule has 0 amide bonds. The van der Waals surface area contributed by atoms with Gasteiger partial charge in [0.15, 0.2) is 12.6 Å². The van der Waals surface area contributed by atoms with Crippen molar-refractivity contribution in [2.75, 3.05) is 0 Å². The number of hydrogen-bond donors (Lipinski definition) is 7. The molecule has 0 bridgehead atoms. The summed E-state index contributed by atoms with van der Waals surface area (Å²) in [4.78, 5) is 19.1. The number of ether oxygens (including phenoxy) is 1. The smallest absolute Gasteiger partial charge is 0.438 e. The van der Waals surface area contributed by atoms with Gasteiger partial charge in [-0.2, -0.15) is 0 Å². The molecule has 1 aliphatic heterocycles. The lowest BCUT2D eigenvalue weighted by atomic mass is 9.99. The zero-order valence-corrected chi connectivity index (χ0v) is 10.1. The Balaban J connectivity index is 2.79. The SMILES string of the molecule is O=C(O)P(=O)(O)OC(O)[C@H]1O[C@@H](O)[C@H](O)[C@@H](O)[C@H]1O. The van der Waals surface area contributed by atoms with Gasteiger partial charge in [-0.15, -0.1) is 0 Å². The Labute approximate surface area is 105 Å². The van der Waals surface area contributed by atoms with Crippen molar-refractivity contribution in [1.82, 2.24) is 0 Å². The van der Waals surface area contributed by atoms with Gasteiger partial charge in [-0.25, -0.2) is 9.36 Å². The van der Waals surface area contributed by atoms with E-state index in [1.165, 1.54) is 0 Å². The van der Waals surface area contributed by atoms with Gasteiger partial charge in [-0.3, -0.25) is 4.52 Å². The molecule has 0 spiro atoms. The van der Waals surface area contributed by atoms with Crippen LogP contribution in [0, 0.1) is 0 Å². The zero-order chi connectivity index (χ0) is 15.0. The van der Waals surface area contributed by atoms with Crippen molar-refractivity contribution in [1.29, 1.82) is 0 Å². The molecule has 1 rings (SSSR count). The molecule has 0 saturated carbocycles. The van der Waals surface area contributed by atoms with E-state index in [2.05, 4.69) is 9.26 Å². The minimum absolute atomic E-state index is 1.88. The molecule has 0 aliphatic carbocycles. The number of carbonyl (C=O) groups is 1. The van der Waals surface area contributed by atoms with Gasteiger partial charge in [0.25, 0.3) is 0 Å². The fraction of sp³-hybridized carbons (Fsp3) is 0.857. The number of aliphatic hydroxyl groups is 5. The van der Waals surface area contributed by atoms with Gasteiger partial charge in [0.2, 0.25) is 0 Å². The molecule has 7 N–H and O–H groups in total. The van der Waals surface area contributed by atoms with Gasteiger partial charge < -0.3 is 40.3 Å². The largest absolute Gasteiger partial charge is 0.472 e. The van der Waals surface area contributed by atoms with E-state index < -0.39 is 50.3 Å². The summed E-state index contributed by atoms with van der Waals surface area (Å²) in [6.45, 7) is 0. The van der Waals surface area contributed by atoms with Crippen molar-refractivity contribution in [2.24, 2.45) is 0 Å². The molecule has 1 heterocycles. The Kier molecular flexibility index (Phi) is 5.01. The summed E-state index contributed by atoms with van der Waals surface area (Å²) in [6.07, 6.45) is -12.2. The highest BCUT2D eigenvalue weighted by molar-refractivity contribution is 7.70. The van der Waals surface area contributed by atoms with E-state index in [1.807, 2.05) is 0 Å². The van der Waals surface area contributed by atoms with Gasteiger partial charge in [0.1, 0.15) is 24.4 Å². The van der Waals surface area contributed by atoms with E-state index in [0.29, 0.717) is 0 Å². The lowest BCUT2D eigenvalue weighted by Crippen LogP contribution is -2.60. The molecule has 0 aromatic rings. The second-order valence-electron chi connectivity index (χ2n) is 3.76. The summed E-state index contributed by atoms with van der Waals surface area (Å²) < 4.78 is 19.3. The van der Waals surface area contributed by atoms with Crippen molar-refractivity contribution in [2.45, 2.75) is 37.0 Å². The quantitative estimate of drug-likeness (QED) is 0.206. The van der Waals surface area contributed by atoms with Crippen LogP contribution in [-0.4, -0.2) is 78.2 Å². The molecule has 12 heteroatoms. The molecule has 0 aromatic heterocycles. The van der Waals surface area contributed by atoms with Gasteiger partial charge in [0, 0.05) is 0 Å². The molecule has 19 heavy (non-hydrogen) atoms. The maximum absolute atomic E-state index is 11.0. The van der Waals surface area contributed by atoms with Crippen molar-refractivity contribution >= 4 is 13.3 Å². The average molecular weight is 304 g/mol. The first kappa shape index (κ1) is 16.4. The third-order valence-electron chi connectivity index (χ3n) is 2.40. The molecule has 112 valence electrons. The molecule has 0 radical (unpaired) electrons. The van der Waals surface area contributed by atoms with Crippen LogP contribution in [0.2, 0.25) is 0 Å². The predicted molar refractivity (Wildman–Crippen MR) is 53.8 cm³/mol. The van der Waals surface area contributed by atoms with Gasteiger partial charge >= 0.3 is 13.3 Å². The Hall–Kier alpha value is -0.620. The normalized spacial score (nSPS) is 40.4. The van der Waals surface area contributed by atoms with Crippen LogP contribution in [0.25, 0.3) is 0 Å². The highest BCUT2D eigenvalue weighted by atomic mass is 31.2. The second kappa shape index (κ2) is 5.79. The summed E-state index contributed by atoms with van der Waals surface area (Å²) in [7, 11) is -5.22. The van der Waals surface area contributed by atoms with Crippen LogP contribution in [0.5, 0.6) is 0 Å². The van der Waals surface area contributed by atoms with E-state index in [0.717, 1.165) is 0 Å². The van der Waals surface area contributed by atoms with E-state index in [-0.39, 0.29) is 0 Å². The van der Waals surface area contributed by atoms with Crippen LogP contribution in [0.1, 0.15) is 0 Å². The number of aliphatic hydroxyl groups excluding tert-OH is 5. The summed E-state index contributed by atoms with van der Waals surface area (Å²) in [5.41, 5.74) is -2.25. The molecule has 2 unspecified atom stereocenters. The van der Waals surface area contributed by atoms with Crippen molar-refractivity contribution in [3.05, 3.63) is 0 Å². The molecular formula is C7H13O11P. The van der Waals surface area contributed by atoms with Crippen LogP contribution < -0.4 is 0 Å². The number of hydrogen-bond acceptors (Lipinski definition) is 9. The summed E-state index contributed by atoms with van der Waals surface area (Å²) in [5, 5.41) is 54.6. The minimum atomic E-state index is -5.22. The van der Waals surface area contributed by atoms with E-state index in [1.54, 1.807) is 0 Å². The molecular weight excluding hydrogens is 291 g/mol.